The first-order valence-corrected chi connectivity index (χ1v) is 9.53. The molecular formula is C17H17N3O3S2. The number of thiophene rings is 1. The zero-order valence-electron chi connectivity index (χ0n) is 13.8. The van der Waals surface area contributed by atoms with Gasteiger partial charge in [-0.3, -0.25) is 4.79 Å². The SMILES string of the molecule is CCn1c(SCC(=O)Oc2ccccc2OC)nnc1-c1cccs1. The van der Waals surface area contributed by atoms with E-state index in [9.17, 15) is 4.79 Å². The van der Waals surface area contributed by atoms with E-state index in [1.165, 1.54) is 18.9 Å². The van der Waals surface area contributed by atoms with Crippen molar-refractivity contribution < 1.29 is 14.3 Å². The van der Waals surface area contributed by atoms with Gasteiger partial charge in [0.05, 0.1) is 17.7 Å². The zero-order valence-corrected chi connectivity index (χ0v) is 15.5. The molecule has 0 N–H and O–H groups in total. The molecule has 3 aromatic rings. The molecule has 0 aliphatic carbocycles. The molecule has 0 saturated carbocycles. The Hall–Kier alpha value is -2.32. The maximum absolute atomic E-state index is 12.1. The van der Waals surface area contributed by atoms with Crippen LogP contribution in [0.4, 0.5) is 0 Å². The van der Waals surface area contributed by atoms with Crippen molar-refractivity contribution in [2.45, 2.75) is 18.6 Å². The molecule has 1 aromatic carbocycles. The number of aromatic nitrogens is 3. The standard InChI is InChI=1S/C17H17N3O3S2/c1-3-20-16(14-9-6-10-24-14)18-19-17(20)25-11-15(21)23-13-8-5-4-7-12(13)22-2/h4-10H,3,11H2,1-2H3. The van der Waals surface area contributed by atoms with E-state index in [4.69, 9.17) is 9.47 Å². The number of benzene rings is 1. The van der Waals surface area contributed by atoms with E-state index in [2.05, 4.69) is 10.2 Å². The maximum atomic E-state index is 12.1. The Morgan fingerprint density at radius 3 is 2.68 bits per heavy atom. The highest BCUT2D eigenvalue weighted by Gasteiger charge is 2.16. The van der Waals surface area contributed by atoms with Gasteiger partial charge in [-0.25, -0.2) is 0 Å². The molecule has 3 rings (SSSR count). The number of carbonyl (C=O) groups is 1. The third-order valence-electron chi connectivity index (χ3n) is 3.39. The lowest BCUT2D eigenvalue weighted by molar-refractivity contribution is -0.131. The van der Waals surface area contributed by atoms with E-state index in [1.807, 2.05) is 35.1 Å². The highest BCUT2D eigenvalue weighted by Crippen LogP contribution is 2.28. The Morgan fingerprint density at radius 1 is 1.20 bits per heavy atom. The molecular weight excluding hydrogens is 358 g/mol. The quantitative estimate of drug-likeness (QED) is 0.356. The van der Waals surface area contributed by atoms with E-state index in [0.717, 1.165) is 17.2 Å². The number of esters is 1. The van der Waals surface area contributed by atoms with Crippen molar-refractivity contribution in [3.05, 3.63) is 41.8 Å². The summed E-state index contributed by atoms with van der Waals surface area (Å²) in [7, 11) is 1.54. The molecule has 0 bridgehead atoms. The molecule has 8 heteroatoms. The Labute approximate surface area is 153 Å². The first-order valence-electron chi connectivity index (χ1n) is 7.66. The average Bonchev–Trinajstić information content (AvgIpc) is 3.29. The van der Waals surface area contributed by atoms with Crippen LogP contribution in [0.15, 0.2) is 46.9 Å². The minimum absolute atomic E-state index is 0.140. The van der Waals surface area contributed by atoms with Crippen LogP contribution in [-0.2, 0) is 11.3 Å². The highest BCUT2D eigenvalue weighted by atomic mass is 32.2. The summed E-state index contributed by atoms with van der Waals surface area (Å²) >= 11 is 2.92. The van der Waals surface area contributed by atoms with Gasteiger partial charge in [0.15, 0.2) is 22.5 Å². The van der Waals surface area contributed by atoms with Gasteiger partial charge in [-0.2, -0.15) is 0 Å². The number of thioether (sulfide) groups is 1. The number of ether oxygens (including phenoxy) is 2. The van der Waals surface area contributed by atoms with Gasteiger partial charge in [-0.05, 0) is 30.5 Å². The molecule has 0 radical (unpaired) electrons. The molecule has 6 nitrogen and oxygen atoms in total. The molecule has 2 heterocycles. The molecule has 0 aliphatic heterocycles. The Balaban J connectivity index is 1.66. The van der Waals surface area contributed by atoms with Gasteiger partial charge in [-0.1, -0.05) is 30.0 Å². The van der Waals surface area contributed by atoms with E-state index >= 15 is 0 Å². The summed E-state index contributed by atoms with van der Waals surface area (Å²) in [6, 6.07) is 11.0. The minimum atomic E-state index is -0.363. The van der Waals surface area contributed by atoms with Crippen LogP contribution >= 0.6 is 23.1 Å². The predicted molar refractivity (Wildman–Crippen MR) is 98.4 cm³/mol. The summed E-state index contributed by atoms with van der Waals surface area (Å²) in [5.74, 6) is 1.53. The van der Waals surface area contributed by atoms with Crippen molar-refractivity contribution >= 4 is 29.1 Å². The van der Waals surface area contributed by atoms with E-state index < -0.39 is 0 Å². The van der Waals surface area contributed by atoms with Crippen LogP contribution in [0, 0.1) is 0 Å². The van der Waals surface area contributed by atoms with Crippen LogP contribution in [0.2, 0.25) is 0 Å². The topological polar surface area (TPSA) is 66.2 Å². The molecule has 0 unspecified atom stereocenters. The average molecular weight is 375 g/mol. The maximum Gasteiger partial charge on any atom is 0.321 e. The smallest absolute Gasteiger partial charge is 0.321 e. The lowest BCUT2D eigenvalue weighted by atomic mass is 10.3. The van der Waals surface area contributed by atoms with Gasteiger partial charge < -0.3 is 14.0 Å². The Morgan fingerprint density at radius 2 is 2.00 bits per heavy atom. The summed E-state index contributed by atoms with van der Waals surface area (Å²) in [6.45, 7) is 2.75. The molecule has 0 aliphatic rings. The fraction of sp³-hybridized carbons (Fsp3) is 0.235. The van der Waals surface area contributed by atoms with Gasteiger partial charge in [0.25, 0.3) is 0 Å². The second-order valence-electron chi connectivity index (χ2n) is 4.94. The number of para-hydroxylation sites is 2. The third kappa shape index (κ3) is 4.02. The molecule has 25 heavy (non-hydrogen) atoms. The number of hydrogen-bond donors (Lipinski definition) is 0. The monoisotopic (exact) mass is 375 g/mol. The van der Waals surface area contributed by atoms with Crippen molar-refractivity contribution in [3.8, 4) is 22.2 Å². The normalized spacial score (nSPS) is 10.6. The first-order chi connectivity index (χ1) is 12.2. The van der Waals surface area contributed by atoms with Crippen molar-refractivity contribution in [1.82, 2.24) is 14.8 Å². The Kier molecular flexibility index (Phi) is 5.72. The second-order valence-corrected chi connectivity index (χ2v) is 6.83. The largest absolute Gasteiger partial charge is 0.493 e. The van der Waals surface area contributed by atoms with Crippen LogP contribution in [0.5, 0.6) is 11.5 Å². The number of nitrogens with zero attached hydrogens (tertiary/aromatic N) is 3. The predicted octanol–water partition coefficient (Wildman–Crippen LogP) is 3.73. The van der Waals surface area contributed by atoms with Crippen LogP contribution in [0.25, 0.3) is 10.7 Å². The summed E-state index contributed by atoms with van der Waals surface area (Å²) in [6.07, 6.45) is 0. The lowest BCUT2D eigenvalue weighted by Crippen LogP contribution is -2.12. The molecule has 0 fully saturated rings. The van der Waals surface area contributed by atoms with Gasteiger partial charge in [0.1, 0.15) is 0 Å². The summed E-state index contributed by atoms with van der Waals surface area (Å²) in [4.78, 5) is 13.2. The number of methoxy groups -OCH3 is 1. The lowest BCUT2D eigenvalue weighted by Gasteiger charge is -2.09. The summed E-state index contributed by atoms with van der Waals surface area (Å²) < 4.78 is 12.5. The molecule has 0 spiro atoms. The van der Waals surface area contributed by atoms with Crippen LogP contribution < -0.4 is 9.47 Å². The van der Waals surface area contributed by atoms with Crippen molar-refractivity contribution in [2.24, 2.45) is 0 Å². The van der Waals surface area contributed by atoms with Gasteiger partial charge >= 0.3 is 5.97 Å². The zero-order chi connectivity index (χ0) is 17.6. The molecule has 0 amide bonds. The van der Waals surface area contributed by atoms with Crippen molar-refractivity contribution in [2.75, 3.05) is 12.9 Å². The van der Waals surface area contributed by atoms with Gasteiger partial charge in [0.2, 0.25) is 0 Å². The molecule has 2 aromatic heterocycles. The second kappa shape index (κ2) is 8.17. The Bertz CT molecular complexity index is 847. The summed E-state index contributed by atoms with van der Waals surface area (Å²) in [5, 5.41) is 11.2. The highest BCUT2D eigenvalue weighted by molar-refractivity contribution is 7.99. The fourth-order valence-electron chi connectivity index (χ4n) is 2.25. The molecule has 0 saturated heterocycles. The molecule has 130 valence electrons. The van der Waals surface area contributed by atoms with Crippen LogP contribution in [-0.4, -0.2) is 33.6 Å². The van der Waals surface area contributed by atoms with Gasteiger partial charge in [0, 0.05) is 6.54 Å². The number of hydrogen-bond acceptors (Lipinski definition) is 7. The number of rotatable bonds is 7. The van der Waals surface area contributed by atoms with E-state index in [0.29, 0.717) is 16.7 Å². The number of carbonyl (C=O) groups excluding carboxylic acids is 1. The third-order valence-corrected chi connectivity index (χ3v) is 5.19. The fourth-order valence-corrected chi connectivity index (χ4v) is 3.74. The van der Waals surface area contributed by atoms with Crippen molar-refractivity contribution in [1.29, 1.82) is 0 Å². The van der Waals surface area contributed by atoms with Crippen LogP contribution in [0.3, 0.4) is 0 Å². The first kappa shape index (κ1) is 17.5. The van der Waals surface area contributed by atoms with E-state index in [1.54, 1.807) is 29.5 Å². The van der Waals surface area contributed by atoms with Gasteiger partial charge in [-0.15, -0.1) is 21.5 Å². The minimum Gasteiger partial charge on any atom is -0.493 e. The van der Waals surface area contributed by atoms with Crippen molar-refractivity contribution in [3.63, 3.8) is 0 Å². The molecule has 0 atom stereocenters. The van der Waals surface area contributed by atoms with Crippen LogP contribution in [0.1, 0.15) is 6.92 Å². The van der Waals surface area contributed by atoms with E-state index in [-0.39, 0.29) is 11.7 Å². The summed E-state index contributed by atoms with van der Waals surface area (Å²) in [5.41, 5.74) is 0.